The van der Waals surface area contributed by atoms with Gasteiger partial charge in [-0.3, -0.25) is 4.90 Å². The van der Waals surface area contributed by atoms with Crippen molar-refractivity contribution in [2.45, 2.75) is 19.3 Å². The summed E-state index contributed by atoms with van der Waals surface area (Å²) in [5.74, 6) is 0. The zero-order chi connectivity index (χ0) is 14.3. The highest BCUT2D eigenvalue weighted by atomic mass is 16.5. The van der Waals surface area contributed by atoms with Gasteiger partial charge in [0.25, 0.3) is 0 Å². The van der Waals surface area contributed by atoms with Crippen LogP contribution < -0.4 is 0 Å². The van der Waals surface area contributed by atoms with Crippen LogP contribution in [0.2, 0.25) is 0 Å². The highest BCUT2D eigenvalue weighted by molar-refractivity contribution is 5.16. The first kappa shape index (κ1) is 14.1. The molecule has 1 aliphatic heterocycles. The molecule has 0 radical (unpaired) electrons. The summed E-state index contributed by atoms with van der Waals surface area (Å²) in [7, 11) is 0. The predicted octanol–water partition coefficient (Wildman–Crippen LogP) is 3.64. The lowest BCUT2D eigenvalue weighted by atomic mass is 10.1. The minimum atomic E-state index is 0.183. The van der Waals surface area contributed by atoms with Gasteiger partial charge in [-0.2, -0.15) is 0 Å². The number of rotatable bonds is 5. The van der Waals surface area contributed by atoms with Gasteiger partial charge in [-0.05, 0) is 11.1 Å². The van der Waals surface area contributed by atoms with E-state index in [1.165, 1.54) is 11.1 Å². The Morgan fingerprint density at radius 2 is 1.57 bits per heavy atom. The Hall–Kier alpha value is -1.90. The molecule has 2 nitrogen and oxygen atoms in total. The van der Waals surface area contributed by atoms with Gasteiger partial charge in [-0.1, -0.05) is 72.8 Å². The van der Waals surface area contributed by atoms with Gasteiger partial charge in [-0.15, -0.1) is 0 Å². The van der Waals surface area contributed by atoms with Crippen LogP contribution in [-0.4, -0.2) is 24.1 Å². The van der Waals surface area contributed by atoms with Crippen LogP contribution >= 0.6 is 0 Å². The molecule has 1 aliphatic rings. The average Bonchev–Trinajstić information content (AvgIpc) is 2.55. The Balaban J connectivity index is 1.51. The van der Waals surface area contributed by atoms with Gasteiger partial charge in [0, 0.05) is 19.6 Å². The molecule has 21 heavy (non-hydrogen) atoms. The normalized spacial score (nSPS) is 18.8. The highest BCUT2D eigenvalue weighted by Gasteiger charge is 2.16. The van der Waals surface area contributed by atoms with Gasteiger partial charge in [-0.25, -0.2) is 0 Å². The lowest BCUT2D eigenvalue weighted by molar-refractivity contribution is 0.0392. The first-order valence-corrected chi connectivity index (χ1v) is 7.48. The molecule has 2 aromatic carbocycles. The molecule has 0 amide bonds. The molecule has 3 rings (SSSR count). The van der Waals surface area contributed by atoms with Crippen molar-refractivity contribution in [3.05, 3.63) is 83.9 Å². The summed E-state index contributed by atoms with van der Waals surface area (Å²) in [5, 5.41) is 0. The van der Waals surface area contributed by atoms with Crippen LogP contribution in [0.3, 0.4) is 0 Å². The van der Waals surface area contributed by atoms with E-state index in [-0.39, 0.29) is 6.10 Å². The third-order valence-electron chi connectivity index (χ3n) is 3.71. The number of hydrogen-bond acceptors (Lipinski definition) is 2. The highest BCUT2D eigenvalue weighted by Crippen LogP contribution is 2.12. The second kappa shape index (κ2) is 7.21. The fraction of sp³-hybridized carbons (Fsp3) is 0.263. The molecule has 0 unspecified atom stereocenters. The quantitative estimate of drug-likeness (QED) is 0.775. The number of hydrogen-bond donors (Lipinski definition) is 0. The van der Waals surface area contributed by atoms with Crippen molar-refractivity contribution < 1.29 is 4.74 Å². The van der Waals surface area contributed by atoms with Crippen LogP contribution in [-0.2, 0) is 17.9 Å². The summed E-state index contributed by atoms with van der Waals surface area (Å²) >= 11 is 0. The van der Waals surface area contributed by atoms with Gasteiger partial charge in [0.1, 0.15) is 0 Å². The van der Waals surface area contributed by atoms with E-state index in [0.29, 0.717) is 6.61 Å². The van der Waals surface area contributed by atoms with Crippen molar-refractivity contribution in [2.24, 2.45) is 0 Å². The molecule has 0 spiro atoms. The summed E-state index contributed by atoms with van der Waals surface area (Å²) in [5.41, 5.74) is 2.58. The molecule has 0 aliphatic carbocycles. The van der Waals surface area contributed by atoms with Crippen molar-refractivity contribution >= 4 is 0 Å². The molecule has 108 valence electrons. The molecular formula is C19H21NO. The largest absolute Gasteiger partial charge is 0.368 e. The second-order valence-corrected chi connectivity index (χ2v) is 5.44. The minimum Gasteiger partial charge on any atom is -0.368 e. The molecule has 0 aromatic heterocycles. The summed E-state index contributed by atoms with van der Waals surface area (Å²) in [6, 6.07) is 21.0. The Morgan fingerprint density at radius 1 is 0.905 bits per heavy atom. The fourth-order valence-corrected chi connectivity index (χ4v) is 2.61. The Labute approximate surface area is 126 Å². The van der Waals surface area contributed by atoms with Crippen LogP contribution in [0.1, 0.15) is 11.1 Å². The number of benzene rings is 2. The van der Waals surface area contributed by atoms with E-state index in [1.54, 1.807) is 0 Å². The monoisotopic (exact) mass is 279 g/mol. The Kier molecular flexibility index (Phi) is 4.82. The van der Waals surface area contributed by atoms with Crippen LogP contribution in [0, 0.1) is 0 Å². The fourth-order valence-electron chi connectivity index (χ4n) is 2.61. The van der Waals surface area contributed by atoms with E-state index in [4.69, 9.17) is 4.74 Å². The maximum atomic E-state index is 6.01. The third-order valence-corrected chi connectivity index (χ3v) is 3.71. The molecule has 2 aromatic rings. The summed E-state index contributed by atoms with van der Waals surface area (Å²) in [6.45, 7) is 3.61. The van der Waals surface area contributed by atoms with Crippen LogP contribution in [0.4, 0.5) is 0 Å². The predicted molar refractivity (Wildman–Crippen MR) is 85.9 cm³/mol. The molecule has 0 N–H and O–H groups in total. The van der Waals surface area contributed by atoms with Crippen molar-refractivity contribution in [1.29, 1.82) is 0 Å². The first-order valence-electron chi connectivity index (χ1n) is 7.48. The van der Waals surface area contributed by atoms with Crippen molar-refractivity contribution in [2.75, 3.05) is 13.1 Å². The average molecular weight is 279 g/mol. The molecular weight excluding hydrogens is 258 g/mol. The standard InChI is InChI=1S/C19H21NO/c1-3-8-17(9-4-1)14-20-13-7-12-19(15-20)21-16-18-10-5-2-6-11-18/h1-12,19H,13-16H2/t19-/m0/s1. The minimum absolute atomic E-state index is 0.183. The molecule has 2 heteroatoms. The molecule has 0 saturated heterocycles. The van der Waals surface area contributed by atoms with Gasteiger partial charge in [0.15, 0.2) is 0 Å². The lowest BCUT2D eigenvalue weighted by Crippen LogP contribution is -2.36. The van der Waals surface area contributed by atoms with Gasteiger partial charge in [0.05, 0.1) is 12.7 Å². The van der Waals surface area contributed by atoms with Crippen LogP contribution in [0.15, 0.2) is 72.8 Å². The summed E-state index contributed by atoms with van der Waals surface area (Å²) in [4.78, 5) is 2.42. The van der Waals surface area contributed by atoms with E-state index < -0.39 is 0 Å². The van der Waals surface area contributed by atoms with Crippen molar-refractivity contribution in [3.8, 4) is 0 Å². The van der Waals surface area contributed by atoms with E-state index >= 15 is 0 Å². The molecule has 0 bridgehead atoms. The SMILES string of the molecule is C1=C[C@H](OCc2ccccc2)CN(Cc2ccccc2)C1. The summed E-state index contributed by atoms with van der Waals surface area (Å²) in [6.07, 6.45) is 4.58. The third kappa shape index (κ3) is 4.28. The van der Waals surface area contributed by atoms with E-state index in [2.05, 4.69) is 71.6 Å². The second-order valence-electron chi connectivity index (χ2n) is 5.44. The number of nitrogens with zero attached hydrogens (tertiary/aromatic N) is 1. The Morgan fingerprint density at radius 3 is 2.29 bits per heavy atom. The zero-order valence-corrected chi connectivity index (χ0v) is 12.2. The zero-order valence-electron chi connectivity index (χ0n) is 12.2. The molecule has 0 saturated carbocycles. The van der Waals surface area contributed by atoms with Gasteiger partial charge in [0.2, 0.25) is 0 Å². The van der Waals surface area contributed by atoms with Gasteiger partial charge >= 0.3 is 0 Å². The van der Waals surface area contributed by atoms with Crippen molar-refractivity contribution in [1.82, 2.24) is 4.90 Å². The van der Waals surface area contributed by atoms with Crippen LogP contribution in [0.5, 0.6) is 0 Å². The maximum Gasteiger partial charge on any atom is 0.0887 e. The first-order chi connectivity index (χ1) is 10.4. The topological polar surface area (TPSA) is 12.5 Å². The van der Waals surface area contributed by atoms with Gasteiger partial charge < -0.3 is 4.74 Å². The smallest absolute Gasteiger partial charge is 0.0887 e. The molecule has 1 heterocycles. The van der Waals surface area contributed by atoms with Crippen molar-refractivity contribution in [3.63, 3.8) is 0 Å². The molecule has 0 fully saturated rings. The summed E-state index contributed by atoms with van der Waals surface area (Å²) < 4.78 is 6.01. The lowest BCUT2D eigenvalue weighted by Gasteiger charge is -2.28. The van der Waals surface area contributed by atoms with Crippen LogP contribution in [0.25, 0.3) is 0 Å². The van der Waals surface area contributed by atoms with E-state index in [9.17, 15) is 0 Å². The van der Waals surface area contributed by atoms with E-state index in [1.807, 2.05) is 6.07 Å². The Bertz CT molecular complexity index is 565. The molecule has 1 atom stereocenters. The number of ether oxygens (including phenoxy) is 1. The maximum absolute atomic E-state index is 6.01. The van der Waals surface area contributed by atoms with E-state index in [0.717, 1.165) is 19.6 Å².